The number of rotatable bonds is 0. The highest BCUT2D eigenvalue weighted by molar-refractivity contribution is 9.10. The van der Waals surface area contributed by atoms with Crippen molar-refractivity contribution in [2.45, 2.75) is 5.75 Å². The Morgan fingerprint density at radius 1 is 1.33 bits per heavy atom. The first-order valence-electron chi connectivity index (χ1n) is 3.67. The third-order valence-electron chi connectivity index (χ3n) is 1.90. The smallest absolute Gasteiger partial charge is 0.173 e. The summed E-state index contributed by atoms with van der Waals surface area (Å²) in [7, 11) is 0. The van der Waals surface area contributed by atoms with Crippen molar-refractivity contribution in [2.24, 2.45) is 0 Å². The standard InChI is InChI=1S/C9H7BrOS/c10-8-3-1-2-6-7(8)4-12-5-9(6)11/h1-3H,4-5H2. The molecule has 0 aliphatic carbocycles. The molecule has 0 aromatic heterocycles. The Balaban J connectivity index is 2.59. The average molecular weight is 243 g/mol. The number of benzene rings is 1. The number of hydrogen-bond acceptors (Lipinski definition) is 2. The molecule has 62 valence electrons. The lowest BCUT2D eigenvalue weighted by molar-refractivity contribution is 0.102. The van der Waals surface area contributed by atoms with E-state index in [9.17, 15) is 4.79 Å². The molecule has 0 saturated carbocycles. The quantitative estimate of drug-likeness (QED) is 0.696. The van der Waals surface area contributed by atoms with E-state index in [0.717, 1.165) is 21.4 Å². The molecule has 1 aliphatic rings. The first-order valence-corrected chi connectivity index (χ1v) is 5.62. The fourth-order valence-corrected chi connectivity index (χ4v) is 2.94. The molecule has 1 aliphatic heterocycles. The molecule has 0 bridgehead atoms. The molecule has 1 aromatic carbocycles. The number of Topliss-reactive ketones (excluding diaryl/α,β-unsaturated/α-hetero) is 1. The van der Waals surface area contributed by atoms with Gasteiger partial charge in [-0.15, -0.1) is 11.8 Å². The minimum atomic E-state index is 0.252. The predicted octanol–water partition coefficient (Wildman–Crippen LogP) is 2.88. The van der Waals surface area contributed by atoms with Gasteiger partial charge in [0.15, 0.2) is 5.78 Å². The fourth-order valence-electron chi connectivity index (χ4n) is 1.29. The van der Waals surface area contributed by atoms with E-state index >= 15 is 0 Å². The van der Waals surface area contributed by atoms with Gasteiger partial charge in [0.1, 0.15) is 0 Å². The molecule has 0 radical (unpaired) electrons. The van der Waals surface area contributed by atoms with Crippen molar-refractivity contribution in [3.8, 4) is 0 Å². The van der Waals surface area contributed by atoms with Crippen LogP contribution in [0, 0.1) is 0 Å². The van der Waals surface area contributed by atoms with Crippen LogP contribution in [-0.2, 0) is 5.75 Å². The summed E-state index contributed by atoms with van der Waals surface area (Å²) < 4.78 is 1.06. The van der Waals surface area contributed by atoms with E-state index in [-0.39, 0.29) is 5.78 Å². The topological polar surface area (TPSA) is 17.1 Å². The van der Waals surface area contributed by atoms with Gasteiger partial charge in [-0.3, -0.25) is 4.79 Å². The molecule has 12 heavy (non-hydrogen) atoms. The van der Waals surface area contributed by atoms with Gasteiger partial charge in [-0.1, -0.05) is 28.1 Å². The summed E-state index contributed by atoms with van der Waals surface area (Å²) in [5, 5.41) is 0. The minimum Gasteiger partial charge on any atom is -0.293 e. The maximum atomic E-state index is 11.4. The van der Waals surface area contributed by atoms with Crippen LogP contribution in [0.2, 0.25) is 0 Å². The van der Waals surface area contributed by atoms with Crippen LogP contribution in [0.25, 0.3) is 0 Å². The molecule has 0 amide bonds. The maximum absolute atomic E-state index is 11.4. The van der Waals surface area contributed by atoms with Crippen LogP contribution in [0.15, 0.2) is 22.7 Å². The van der Waals surface area contributed by atoms with Gasteiger partial charge in [0.05, 0.1) is 5.75 Å². The van der Waals surface area contributed by atoms with Crippen molar-refractivity contribution in [3.05, 3.63) is 33.8 Å². The Bertz CT molecular complexity index is 335. The van der Waals surface area contributed by atoms with Gasteiger partial charge >= 0.3 is 0 Å². The van der Waals surface area contributed by atoms with Crippen molar-refractivity contribution in [2.75, 3.05) is 5.75 Å². The summed E-state index contributed by atoms with van der Waals surface area (Å²) in [6, 6.07) is 5.80. The van der Waals surface area contributed by atoms with Crippen LogP contribution in [-0.4, -0.2) is 11.5 Å². The molecule has 1 nitrogen and oxygen atoms in total. The number of thioether (sulfide) groups is 1. The van der Waals surface area contributed by atoms with Crippen LogP contribution < -0.4 is 0 Å². The normalized spacial score (nSPS) is 15.9. The van der Waals surface area contributed by atoms with Gasteiger partial charge in [-0.05, 0) is 11.6 Å². The van der Waals surface area contributed by atoms with E-state index in [1.807, 2.05) is 18.2 Å². The second-order valence-corrected chi connectivity index (χ2v) is 4.52. The Labute approximate surface area is 83.7 Å². The number of carbonyl (C=O) groups is 1. The number of halogens is 1. The zero-order valence-electron chi connectivity index (χ0n) is 6.34. The highest BCUT2D eigenvalue weighted by Gasteiger charge is 2.18. The van der Waals surface area contributed by atoms with E-state index in [0.29, 0.717) is 5.75 Å². The predicted molar refractivity (Wildman–Crippen MR) is 54.6 cm³/mol. The molecular formula is C9H7BrOS. The summed E-state index contributed by atoms with van der Waals surface area (Å²) in [6.07, 6.45) is 0. The van der Waals surface area contributed by atoms with Gasteiger partial charge in [0.25, 0.3) is 0 Å². The monoisotopic (exact) mass is 242 g/mol. The SMILES string of the molecule is O=C1CSCc2c(Br)cccc21. The van der Waals surface area contributed by atoms with Crippen LogP contribution in [0.4, 0.5) is 0 Å². The number of carbonyl (C=O) groups excluding carboxylic acids is 1. The number of ketones is 1. The number of fused-ring (bicyclic) bond motifs is 1. The lowest BCUT2D eigenvalue weighted by Gasteiger charge is -2.14. The van der Waals surface area contributed by atoms with E-state index < -0.39 is 0 Å². The molecule has 1 aromatic rings. The molecule has 0 fully saturated rings. The molecule has 0 saturated heterocycles. The van der Waals surface area contributed by atoms with Crippen LogP contribution >= 0.6 is 27.7 Å². The first-order chi connectivity index (χ1) is 5.79. The molecule has 0 spiro atoms. The summed E-state index contributed by atoms with van der Waals surface area (Å²) in [4.78, 5) is 11.4. The summed E-state index contributed by atoms with van der Waals surface area (Å²) in [5.74, 6) is 1.83. The summed E-state index contributed by atoms with van der Waals surface area (Å²) in [5.41, 5.74) is 2.04. The lowest BCUT2D eigenvalue weighted by Crippen LogP contribution is -2.11. The molecule has 0 unspecified atom stereocenters. The lowest BCUT2D eigenvalue weighted by atomic mass is 10.1. The largest absolute Gasteiger partial charge is 0.293 e. The van der Waals surface area contributed by atoms with Crippen molar-refractivity contribution < 1.29 is 4.79 Å². The highest BCUT2D eigenvalue weighted by atomic mass is 79.9. The fraction of sp³-hybridized carbons (Fsp3) is 0.222. The van der Waals surface area contributed by atoms with Gasteiger partial charge in [0.2, 0.25) is 0 Å². The van der Waals surface area contributed by atoms with Gasteiger partial charge in [0, 0.05) is 15.8 Å². The third kappa shape index (κ3) is 1.31. The Kier molecular flexibility index (Phi) is 2.24. The van der Waals surface area contributed by atoms with E-state index in [1.165, 1.54) is 0 Å². The van der Waals surface area contributed by atoms with E-state index in [2.05, 4.69) is 15.9 Å². The summed E-state index contributed by atoms with van der Waals surface area (Å²) >= 11 is 5.12. The second kappa shape index (κ2) is 3.23. The van der Waals surface area contributed by atoms with Gasteiger partial charge in [-0.25, -0.2) is 0 Å². The third-order valence-corrected chi connectivity index (χ3v) is 3.60. The van der Waals surface area contributed by atoms with Crippen molar-refractivity contribution in [3.63, 3.8) is 0 Å². The first kappa shape index (κ1) is 8.32. The Hall–Kier alpha value is -0.280. The molecule has 0 N–H and O–H groups in total. The Morgan fingerprint density at radius 2 is 2.17 bits per heavy atom. The average Bonchev–Trinajstić information content (AvgIpc) is 2.07. The second-order valence-electron chi connectivity index (χ2n) is 2.68. The van der Waals surface area contributed by atoms with Crippen molar-refractivity contribution in [1.82, 2.24) is 0 Å². The maximum Gasteiger partial charge on any atom is 0.173 e. The van der Waals surface area contributed by atoms with Crippen molar-refractivity contribution in [1.29, 1.82) is 0 Å². The van der Waals surface area contributed by atoms with E-state index in [4.69, 9.17) is 0 Å². The zero-order chi connectivity index (χ0) is 8.55. The van der Waals surface area contributed by atoms with E-state index in [1.54, 1.807) is 11.8 Å². The zero-order valence-corrected chi connectivity index (χ0v) is 8.74. The van der Waals surface area contributed by atoms with Gasteiger partial charge in [-0.2, -0.15) is 0 Å². The van der Waals surface area contributed by atoms with Crippen LogP contribution in [0.3, 0.4) is 0 Å². The molecule has 0 atom stereocenters. The summed E-state index contributed by atoms with van der Waals surface area (Å²) in [6.45, 7) is 0. The van der Waals surface area contributed by atoms with Gasteiger partial charge < -0.3 is 0 Å². The number of hydrogen-bond donors (Lipinski definition) is 0. The van der Waals surface area contributed by atoms with Crippen LogP contribution in [0.5, 0.6) is 0 Å². The van der Waals surface area contributed by atoms with Crippen LogP contribution in [0.1, 0.15) is 15.9 Å². The van der Waals surface area contributed by atoms with Crippen molar-refractivity contribution >= 4 is 33.5 Å². The molecule has 2 rings (SSSR count). The molecular weight excluding hydrogens is 236 g/mol. The highest BCUT2D eigenvalue weighted by Crippen LogP contribution is 2.30. The molecule has 1 heterocycles. The minimum absolute atomic E-state index is 0.252. The molecule has 3 heteroatoms. The Morgan fingerprint density at radius 3 is 2.92 bits per heavy atom.